The van der Waals surface area contributed by atoms with Gasteiger partial charge in [-0.25, -0.2) is 18.2 Å². The molecule has 228 valence electrons. The summed E-state index contributed by atoms with van der Waals surface area (Å²) in [6.07, 6.45) is 5.67. The third-order valence-corrected chi connectivity index (χ3v) is 9.87. The summed E-state index contributed by atoms with van der Waals surface area (Å²) in [5.74, 6) is 1.23. The number of carbonyl (C=O) groups is 2. The first-order chi connectivity index (χ1) is 20.6. The lowest BCUT2D eigenvalue weighted by Gasteiger charge is -2.24. The van der Waals surface area contributed by atoms with Crippen molar-refractivity contribution in [3.63, 3.8) is 0 Å². The van der Waals surface area contributed by atoms with Crippen molar-refractivity contribution in [1.29, 1.82) is 0 Å². The van der Waals surface area contributed by atoms with Crippen molar-refractivity contribution in [2.75, 3.05) is 7.11 Å². The van der Waals surface area contributed by atoms with Gasteiger partial charge in [0.25, 0.3) is 15.9 Å². The van der Waals surface area contributed by atoms with Gasteiger partial charge in [-0.15, -0.1) is 0 Å². The molecule has 1 fully saturated rings. The van der Waals surface area contributed by atoms with Crippen LogP contribution in [0, 0.1) is 0 Å². The van der Waals surface area contributed by atoms with E-state index in [1.54, 1.807) is 24.3 Å². The number of amides is 2. The SMILES string of the molecule is CCCCC1=NC2(CCCC2)C(=O)N1Cc1ccc(-c2ccccc2S(=O)(=O)NC2=NC(C)=C2C)c(CNC(=O)OC)c1. The van der Waals surface area contributed by atoms with Gasteiger partial charge in [0.1, 0.15) is 17.2 Å². The van der Waals surface area contributed by atoms with E-state index in [1.807, 2.05) is 36.9 Å². The van der Waals surface area contributed by atoms with Crippen LogP contribution in [0.2, 0.25) is 0 Å². The van der Waals surface area contributed by atoms with Crippen molar-refractivity contribution in [1.82, 2.24) is 14.9 Å². The third-order valence-electron chi connectivity index (χ3n) is 8.48. The molecule has 2 amide bonds. The van der Waals surface area contributed by atoms with Crippen LogP contribution in [0.15, 0.2) is 68.6 Å². The minimum Gasteiger partial charge on any atom is -0.453 e. The summed E-state index contributed by atoms with van der Waals surface area (Å²) in [4.78, 5) is 36.9. The van der Waals surface area contributed by atoms with Crippen LogP contribution < -0.4 is 10.0 Å². The highest BCUT2D eigenvalue weighted by molar-refractivity contribution is 7.90. The second-order valence-electron chi connectivity index (χ2n) is 11.4. The van der Waals surface area contributed by atoms with Crippen molar-refractivity contribution in [2.24, 2.45) is 9.98 Å². The van der Waals surface area contributed by atoms with Gasteiger partial charge < -0.3 is 10.1 Å². The lowest BCUT2D eigenvalue weighted by atomic mass is 9.96. The monoisotopic (exact) mass is 605 g/mol. The number of hydrogen-bond acceptors (Lipinski definition) is 7. The highest BCUT2D eigenvalue weighted by Crippen LogP contribution is 2.40. The number of benzene rings is 2. The van der Waals surface area contributed by atoms with E-state index in [2.05, 4.69) is 22.0 Å². The molecule has 2 aromatic carbocycles. The molecular formula is C32H39N5O5S. The Hall–Kier alpha value is -3.99. The van der Waals surface area contributed by atoms with Gasteiger partial charge >= 0.3 is 6.09 Å². The maximum atomic E-state index is 13.7. The first-order valence-corrected chi connectivity index (χ1v) is 16.3. The van der Waals surface area contributed by atoms with Gasteiger partial charge in [-0.1, -0.05) is 62.6 Å². The second-order valence-corrected chi connectivity index (χ2v) is 13.0. The number of rotatable bonds is 10. The van der Waals surface area contributed by atoms with Gasteiger partial charge in [0.15, 0.2) is 0 Å². The van der Waals surface area contributed by atoms with Gasteiger partial charge in [-0.05, 0) is 55.9 Å². The number of nitrogens with zero attached hydrogens (tertiary/aromatic N) is 3. The molecule has 2 aromatic rings. The Balaban J connectivity index is 1.49. The number of allylic oxidation sites excluding steroid dienone is 1. The van der Waals surface area contributed by atoms with Crippen LogP contribution in [0.1, 0.15) is 76.8 Å². The summed E-state index contributed by atoms with van der Waals surface area (Å²) in [7, 11) is -2.68. The number of carbonyl (C=O) groups excluding carboxylic acids is 2. The first-order valence-electron chi connectivity index (χ1n) is 14.8. The van der Waals surface area contributed by atoms with Crippen molar-refractivity contribution in [3.8, 4) is 11.1 Å². The molecule has 0 bridgehead atoms. The fourth-order valence-electron chi connectivity index (χ4n) is 5.93. The molecule has 0 saturated heterocycles. The van der Waals surface area contributed by atoms with E-state index < -0.39 is 21.7 Å². The Morgan fingerprint density at radius 3 is 2.51 bits per heavy atom. The molecule has 5 rings (SSSR count). The molecular weight excluding hydrogens is 566 g/mol. The Morgan fingerprint density at radius 2 is 1.84 bits per heavy atom. The van der Waals surface area contributed by atoms with Crippen LogP contribution in [0.3, 0.4) is 0 Å². The number of methoxy groups -OCH3 is 1. The molecule has 1 aliphatic carbocycles. The molecule has 10 nitrogen and oxygen atoms in total. The van der Waals surface area contributed by atoms with Crippen molar-refractivity contribution < 1.29 is 22.7 Å². The third kappa shape index (κ3) is 6.08. The van der Waals surface area contributed by atoms with Gasteiger partial charge in [-0.2, -0.15) is 0 Å². The quantitative estimate of drug-likeness (QED) is 0.373. The molecule has 2 aliphatic heterocycles. The van der Waals surface area contributed by atoms with Crippen molar-refractivity contribution in [3.05, 3.63) is 64.9 Å². The summed E-state index contributed by atoms with van der Waals surface area (Å²) < 4.78 is 34.4. The smallest absolute Gasteiger partial charge is 0.407 e. The Labute approximate surface area is 253 Å². The lowest BCUT2D eigenvalue weighted by molar-refractivity contribution is -0.131. The van der Waals surface area contributed by atoms with Crippen LogP contribution in [-0.2, 0) is 32.6 Å². The maximum absolute atomic E-state index is 13.7. The number of sulfonamides is 1. The van der Waals surface area contributed by atoms with E-state index in [0.29, 0.717) is 29.1 Å². The minimum absolute atomic E-state index is 0.0652. The summed E-state index contributed by atoms with van der Waals surface area (Å²) in [5.41, 5.74) is 3.62. The maximum Gasteiger partial charge on any atom is 0.407 e. The first kappa shape index (κ1) is 30.5. The molecule has 11 heteroatoms. The molecule has 2 heterocycles. The average Bonchev–Trinajstić information content (AvgIpc) is 3.59. The number of unbranched alkanes of at least 4 members (excludes halogenated alkanes) is 1. The molecule has 1 saturated carbocycles. The summed E-state index contributed by atoms with van der Waals surface area (Å²) in [6, 6.07) is 12.4. The minimum atomic E-state index is -3.97. The molecule has 0 aromatic heterocycles. The zero-order chi connectivity index (χ0) is 30.8. The molecule has 1 spiro atoms. The van der Waals surface area contributed by atoms with Gasteiger partial charge in [0.05, 0.1) is 18.6 Å². The van der Waals surface area contributed by atoms with E-state index in [0.717, 1.165) is 67.6 Å². The normalized spacial score (nSPS) is 17.6. The van der Waals surface area contributed by atoms with Crippen molar-refractivity contribution in [2.45, 2.75) is 89.2 Å². The highest BCUT2D eigenvalue weighted by Gasteiger charge is 2.49. The molecule has 0 radical (unpaired) electrons. The largest absolute Gasteiger partial charge is 0.453 e. The Bertz CT molecular complexity index is 1640. The van der Waals surface area contributed by atoms with Crippen LogP contribution in [-0.4, -0.2) is 49.6 Å². The van der Waals surface area contributed by atoms with E-state index in [-0.39, 0.29) is 17.3 Å². The summed E-state index contributed by atoms with van der Waals surface area (Å²) in [6.45, 7) is 6.21. The number of hydrogen-bond donors (Lipinski definition) is 2. The number of aliphatic imine (C=N–C) groups is 2. The molecule has 2 N–H and O–H groups in total. The number of alkyl carbamates (subject to hydrolysis) is 1. The molecule has 0 unspecified atom stereocenters. The van der Waals surface area contributed by atoms with Crippen LogP contribution >= 0.6 is 0 Å². The topological polar surface area (TPSA) is 130 Å². The number of ether oxygens (including phenoxy) is 1. The van der Waals surface area contributed by atoms with Crippen LogP contribution in [0.25, 0.3) is 11.1 Å². The predicted molar refractivity (Wildman–Crippen MR) is 166 cm³/mol. The average molecular weight is 606 g/mol. The van der Waals surface area contributed by atoms with Crippen molar-refractivity contribution >= 4 is 33.7 Å². The fraction of sp³-hybridized carbons (Fsp3) is 0.438. The van der Waals surface area contributed by atoms with E-state index in [1.165, 1.54) is 7.11 Å². The lowest BCUT2D eigenvalue weighted by Crippen LogP contribution is -2.40. The Kier molecular flexibility index (Phi) is 8.73. The summed E-state index contributed by atoms with van der Waals surface area (Å²) in [5, 5.41) is 2.73. The van der Waals surface area contributed by atoms with Gasteiger partial charge in [0.2, 0.25) is 0 Å². The Morgan fingerprint density at radius 1 is 1.09 bits per heavy atom. The van der Waals surface area contributed by atoms with E-state index in [4.69, 9.17) is 9.73 Å². The van der Waals surface area contributed by atoms with Crippen LogP contribution in [0.5, 0.6) is 0 Å². The number of nitrogens with one attached hydrogen (secondary N) is 2. The summed E-state index contributed by atoms with van der Waals surface area (Å²) >= 11 is 0. The molecule has 0 atom stereocenters. The van der Waals surface area contributed by atoms with E-state index in [9.17, 15) is 18.0 Å². The molecule has 3 aliphatic rings. The molecule has 43 heavy (non-hydrogen) atoms. The zero-order valence-corrected chi connectivity index (χ0v) is 26.0. The predicted octanol–water partition coefficient (Wildman–Crippen LogP) is 5.44. The highest BCUT2D eigenvalue weighted by atomic mass is 32.2. The fourth-order valence-corrected chi connectivity index (χ4v) is 7.22. The van der Waals surface area contributed by atoms with Gasteiger partial charge in [-0.3, -0.25) is 19.4 Å². The van der Waals surface area contributed by atoms with Crippen LogP contribution in [0.4, 0.5) is 4.79 Å². The second kappa shape index (κ2) is 12.3. The number of amidine groups is 2. The van der Waals surface area contributed by atoms with E-state index >= 15 is 0 Å². The van der Waals surface area contributed by atoms with Gasteiger partial charge in [0, 0.05) is 29.8 Å². The standard InChI is InChI=1S/C32H39N5O5S/c1-5-6-13-28-35-32(16-9-10-17-32)30(38)37(28)20-23-14-15-25(24(18-23)19-33-31(39)42-4)26-11-7-8-12-27(26)43(40,41)36-29-21(2)22(3)34-29/h7-8,11-12,14-15,18H,5-6,9-10,13,16-17,19-20H2,1-4H3,(H,33,39)(H,34,36). The zero-order valence-electron chi connectivity index (χ0n) is 25.2.